The maximum atomic E-state index is 13.2. The van der Waals surface area contributed by atoms with Gasteiger partial charge in [-0.05, 0) is 29.3 Å². The fourth-order valence-corrected chi connectivity index (χ4v) is 2.95. The van der Waals surface area contributed by atoms with E-state index in [1.807, 2.05) is 29.9 Å². The van der Waals surface area contributed by atoms with Crippen LogP contribution in [0.5, 0.6) is 0 Å². The third kappa shape index (κ3) is 3.61. The van der Waals surface area contributed by atoms with E-state index < -0.39 is 0 Å². The van der Waals surface area contributed by atoms with Crippen LogP contribution in [0.3, 0.4) is 0 Å². The Balaban J connectivity index is 1.89. The quantitative estimate of drug-likeness (QED) is 0.708. The third-order valence-corrected chi connectivity index (χ3v) is 4.71. The molecule has 1 heterocycles. The SMILES string of the molecule is Cn1ccnc1C(NCc1cccc(Cl)c1Cl)c1ccc(F)cc1. The first-order valence-electron chi connectivity index (χ1n) is 7.45. The number of imidazole rings is 1. The predicted octanol–water partition coefficient (Wildman–Crippen LogP) is 4.75. The summed E-state index contributed by atoms with van der Waals surface area (Å²) in [7, 11) is 1.92. The zero-order valence-corrected chi connectivity index (χ0v) is 14.5. The van der Waals surface area contributed by atoms with Gasteiger partial charge in [-0.2, -0.15) is 0 Å². The van der Waals surface area contributed by atoms with Gasteiger partial charge in [0.25, 0.3) is 0 Å². The van der Waals surface area contributed by atoms with Crippen LogP contribution in [0.15, 0.2) is 54.9 Å². The average Bonchev–Trinajstić information content (AvgIpc) is 2.99. The number of hydrogen-bond donors (Lipinski definition) is 1. The van der Waals surface area contributed by atoms with Crippen LogP contribution in [0.25, 0.3) is 0 Å². The highest BCUT2D eigenvalue weighted by molar-refractivity contribution is 6.42. The molecule has 0 saturated carbocycles. The van der Waals surface area contributed by atoms with E-state index in [1.165, 1.54) is 12.1 Å². The summed E-state index contributed by atoms with van der Waals surface area (Å²) in [5.41, 5.74) is 1.81. The van der Waals surface area contributed by atoms with E-state index >= 15 is 0 Å². The van der Waals surface area contributed by atoms with E-state index in [9.17, 15) is 4.39 Å². The number of nitrogens with zero attached hydrogens (tertiary/aromatic N) is 2. The van der Waals surface area contributed by atoms with Gasteiger partial charge in [0.05, 0.1) is 16.1 Å². The molecule has 124 valence electrons. The molecule has 0 fully saturated rings. The van der Waals surface area contributed by atoms with Crippen LogP contribution < -0.4 is 5.32 Å². The van der Waals surface area contributed by atoms with Crippen molar-refractivity contribution in [3.05, 3.63) is 87.7 Å². The fraction of sp³-hybridized carbons (Fsp3) is 0.167. The molecular weight excluding hydrogens is 348 g/mol. The Hall–Kier alpha value is -1.88. The van der Waals surface area contributed by atoms with E-state index in [2.05, 4.69) is 10.3 Å². The van der Waals surface area contributed by atoms with Gasteiger partial charge in [-0.3, -0.25) is 5.32 Å². The molecule has 0 radical (unpaired) electrons. The lowest BCUT2D eigenvalue weighted by molar-refractivity contribution is 0.556. The van der Waals surface area contributed by atoms with Gasteiger partial charge in [-0.1, -0.05) is 47.5 Å². The first kappa shape index (κ1) is 17.0. The van der Waals surface area contributed by atoms with Crippen LogP contribution in [0.4, 0.5) is 4.39 Å². The van der Waals surface area contributed by atoms with E-state index in [-0.39, 0.29) is 11.9 Å². The Morgan fingerprint density at radius 1 is 1.17 bits per heavy atom. The molecule has 1 N–H and O–H groups in total. The van der Waals surface area contributed by atoms with Gasteiger partial charge in [-0.15, -0.1) is 0 Å². The summed E-state index contributed by atoms with van der Waals surface area (Å²) in [4.78, 5) is 4.41. The molecule has 0 saturated heterocycles. The second-order valence-corrected chi connectivity index (χ2v) is 6.26. The molecule has 0 amide bonds. The lowest BCUT2D eigenvalue weighted by Crippen LogP contribution is -2.25. The van der Waals surface area contributed by atoms with Gasteiger partial charge < -0.3 is 4.57 Å². The van der Waals surface area contributed by atoms with Crippen molar-refractivity contribution in [3.63, 3.8) is 0 Å². The summed E-state index contributed by atoms with van der Waals surface area (Å²) in [6, 6.07) is 11.7. The minimum Gasteiger partial charge on any atom is -0.336 e. The van der Waals surface area contributed by atoms with Gasteiger partial charge in [0, 0.05) is 26.0 Å². The summed E-state index contributed by atoms with van der Waals surface area (Å²) in [5.74, 6) is 0.565. The average molecular weight is 364 g/mol. The molecule has 3 rings (SSSR count). The number of hydrogen-bond acceptors (Lipinski definition) is 2. The van der Waals surface area contributed by atoms with Crippen molar-refractivity contribution in [2.24, 2.45) is 7.05 Å². The second-order valence-electron chi connectivity index (χ2n) is 5.47. The van der Waals surface area contributed by atoms with Crippen molar-refractivity contribution >= 4 is 23.2 Å². The Labute approximate surface area is 150 Å². The number of aryl methyl sites for hydroxylation is 1. The van der Waals surface area contributed by atoms with Crippen molar-refractivity contribution in [2.75, 3.05) is 0 Å². The number of halogens is 3. The van der Waals surface area contributed by atoms with E-state index in [1.54, 1.807) is 24.4 Å². The minimum atomic E-state index is -0.268. The van der Waals surface area contributed by atoms with Gasteiger partial charge in [0.1, 0.15) is 11.6 Å². The standard InChI is InChI=1S/C18H16Cl2FN3/c1-24-10-9-22-18(24)17(12-5-7-14(21)8-6-12)23-11-13-3-2-4-15(19)16(13)20/h2-10,17,23H,11H2,1H3. The first-order valence-corrected chi connectivity index (χ1v) is 8.21. The van der Waals surface area contributed by atoms with Crippen LogP contribution in [-0.2, 0) is 13.6 Å². The van der Waals surface area contributed by atoms with Crippen LogP contribution >= 0.6 is 23.2 Å². The summed E-state index contributed by atoms with van der Waals surface area (Å²) in [5, 5.41) is 4.49. The number of benzene rings is 2. The highest BCUT2D eigenvalue weighted by atomic mass is 35.5. The zero-order valence-electron chi connectivity index (χ0n) is 13.0. The topological polar surface area (TPSA) is 29.9 Å². The molecule has 3 aromatic rings. The lowest BCUT2D eigenvalue weighted by atomic mass is 10.1. The molecule has 0 aliphatic heterocycles. The first-order chi connectivity index (χ1) is 11.6. The number of rotatable bonds is 5. The molecule has 0 spiro atoms. The van der Waals surface area contributed by atoms with Gasteiger partial charge in [-0.25, -0.2) is 9.37 Å². The van der Waals surface area contributed by atoms with Gasteiger partial charge >= 0.3 is 0 Å². The summed E-state index contributed by atoms with van der Waals surface area (Å²) in [6.07, 6.45) is 3.61. The third-order valence-electron chi connectivity index (χ3n) is 3.85. The molecule has 1 atom stereocenters. The highest BCUT2D eigenvalue weighted by Gasteiger charge is 2.18. The number of aromatic nitrogens is 2. The Morgan fingerprint density at radius 2 is 1.92 bits per heavy atom. The normalized spacial score (nSPS) is 12.3. The maximum absolute atomic E-state index is 13.2. The molecule has 1 aromatic heterocycles. The molecule has 24 heavy (non-hydrogen) atoms. The second kappa shape index (κ2) is 7.34. The van der Waals surface area contributed by atoms with Crippen LogP contribution in [0, 0.1) is 5.82 Å². The molecule has 0 bridgehead atoms. The summed E-state index contributed by atoms with van der Waals surface area (Å²) >= 11 is 12.3. The van der Waals surface area contributed by atoms with Crippen molar-refractivity contribution in [1.29, 1.82) is 0 Å². The summed E-state index contributed by atoms with van der Waals surface area (Å²) in [6.45, 7) is 0.508. The molecule has 0 aliphatic carbocycles. The Morgan fingerprint density at radius 3 is 2.58 bits per heavy atom. The molecule has 3 nitrogen and oxygen atoms in total. The van der Waals surface area contributed by atoms with E-state index in [4.69, 9.17) is 23.2 Å². The number of nitrogens with one attached hydrogen (secondary N) is 1. The smallest absolute Gasteiger partial charge is 0.130 e. The molecule has 6 heteroatoms. The summed E-state index contributed by atoms with van der Waals surface area (Å²) < 4.78 is 15.2. The van der Waals surface area contributed by atoms with E-state index in [0.29, 0.717) is 16.6 Å². The van der Waals surface area contributed by atoms with Crippen molar-refractivity contribution in [2.45, 2.75) is 12.6 Å². The Bertz CT molecular complexity index is 831. The van der Waals surface area contributed by atoms with Crippen LogP contribution in [0.2, 0.25) is 10.0 Å². The van der Waals surface area contributed by atoms with Crippen LogP contribution in [0.1, 0.15) is 23.0 Å². The largest absolute Gasteiger partial charge is 0.336 e. The van der Waals surface area contributed by atoms with Gasteiger partial charge in [0.15, 0.2) is 0 Å². The predicted molar refractivity (Wildman–Crippen MR) is 94.8 cm³/mol. The Kier molecular flexibility index (Phi) is 5.19. The van der Waals surface area contributed by atoms with E-state index in [0.717, 1.165) is 17.0 Å². The van der Waals surface area contributed by atoms with Gasteiger partial charge in [0.2, 0.25) is 0 Å². The van der Waals surface area contributed by atoms with Crippen molar-refractivity contribution in [1.82, 2.24) is 14.9 Å². The molecular formula is C18H16Cl2FN3. The van der Waals surface area contributed by atoms with Crippen LogP contribution in [-0.4, -0.2) is 9.55 Å². The minimum absolute atomic E-state index is 0.194. The van der Waals surface area contributed by atoms with Crippen molar-refractivity contribution in [3.8, 4) is 0 Å². The fourth-order valence-electron chi connectivity index (χ4n) is 2.57. The molecule has 2 aromatic carbocycles. The highest BCUT2D eigenvalue weighted by Crippen LogP contribution is 2.27. The molecule has 0 aliphatic rings. The lowest BCUT2D eigenvalue weighted by Gasteiger charge is -2.20. The maximum Gasteiger partial charge on any atom is 0.130 e. The van der Waals surface area contributed by atoms with Crippen molar-refractivity contribution < 1.29 is 4.39 Å². The molecule has 1 unspecified atom stereocenters. The monoisotopic (exact) mass is 363 g/mol. The zero-order chi connectivity index (χ0) is 17.1.